The Morgan fingerprint density at radius 3 is 2.37 bits per heavy atom. The highest BCUT2D eigenvalue weighted by molar-refractivity contribution is 6.03. The van der Waals surface area contributed by atoms with Gasteiger partial charge in [-0.05, 0) is 47.5 Å². The number of esters is 1. The molecule has 1 heterocycles. The lowest BCUT2D eigenvalue weighted by molar-refractivity contribution is -0.384. The summed E-state index contributed by atoms with van der Waals surface area (Å²) in [5, 5.41) is 17.4. The highest BCUT2D eigenvalue weighted by Gasteiger charge is 2.40. The van der Waals surface area contributed by atoms with E-state index in [0.717, 1.165) is 5.56 Å². The van der Waals surface area contributed by atoms with E-state index in [0.29, 0.717) is 12.1 Å². The molecular weight excluding hydrogens is 452 g/mol. The lowest BCUT2D eigenvalue weighted by atomic mass is 9.88. The van der Waals surface area contributed by atoms with Crippen molar-refractivity contribution >= 4 is 29.7 Å². The number of hydrogen-bond donors (Lipinski definition) is 2. The number of carbonyl (C=O) groups is 3. The predicted molar refractivity (Wildman–Crippen MR) is 126 cm³/mol. The van der Waals surface area contributed by atoms with Crippen molar-refractivity contribution in [2.24, 2.45) is 11.0 Å². The Morgan fingerprint density at radius 2 is 1.71 bits per heavy atom. The third-order valence-corrected chi connectivity index (χ3v) is 5.48. The average molecular weight is 472 g/mol. The Balaban J connectivity index is 1.33. The van der Waals surface area contributed by atoms with Crippen molar-refractivity contribution in [3.8, 4) is 5.75 Å². The van der Waals surface area contributed by atoms with Crippen molar-refractivity contribution in [3.05, 3.63) is 106 Å². The zero-order valence-electron chi connectivity index (χ0n) is 18.3. The highest BCUT2D eigenvalue weighted by Crippen LogP contribution is 2.29. The summed E-state index contributed by atoms with van der Waals surface area (Å²) < 4.78 is 5.26. The lowest BCUT2D eigenvalue weighted by Gasteiger charge is -2.15. The number of nitro groups is 1. The molecule has 0 aromatic heterocycles. The minimum absolute atomic E-state index is 0.124. The van der Waals surface area contributed by atoms with Gasteiger partial charge in [0.25, 0.3) is 11.6 Å². The Labute approximate surface area is 199 Å². The van der Waals surface area contributed by atoms with E-state index in [1.165, 1.54) is 30.5 Å². The molecule has 1 fully saturated rings. The number of nitrogens with zero attached hydrogens (tertiary/aromatic N) is 2. The topological polar surface area (TPSA) is 140 Å². The molecule has 4 rings (SSSR count). The summed E-state index contributed by atoms with van der Waals surface area (Å²) in [5.74, 6) is -2.39. The number of rotatable bonds is 7. The molecule has 0 radical (unpaired) electrons. The predicted octanol–water partition coefficient (Wildman–Crippen LogP) is 2.79. The Morgan fingerprint density at radius 1 is 1.03 bits per heavy atom. The van der Waals surface area contributed by atoms with Crippen LogP contribution in [0.4, 0.5) is 5.69 Å². The summed E-state index contributed by atoms with van der Waals surface area (Å²) in [5.41, 5.74) is 3.99. The largest absolute Gasteiger partial charge is 0.423 e. The first-order chi connectivity index (χ1) is 16.9. The van der Waals surface area contributed by atoms with E-state index < -0.39 is 22.7 Å². The molecule has 1 saturated heterocycles. The van der Waals surface area contributed by atoms with Gasteiger partial charge in [-0.3, -0.25) is 19.7 Å². The normalized spacial score (nSPS) is 17.1. The number of hydrogen-bond acceptors (Lipinski definition) is 7. The van der Waals surface area contributed by atoms with Crippen LogP contribution < -0.4 is 15.5 Å². The van der Waals surface area contributed by atoms with Gasteiger partial charge in [0.1, 0.15) is 11.7 Å². The van der Waals surface area contributed by atoms with Gasteiger partial charge < -0.3 is 10.1 Å². The zero-order valence-corrected chi connectivity index (χ0v) is 18.3. The molecule has 0 aliphatic carbocycles. The standard InChI is InChI=1S/C25H20N4O6/c30-23-22(21(15-26-23)17-4-2-1-3-5-17)24(31)28-27-14-16-6-12-20(13-7-16)35-25(32)18-8-10-19(11-9-18)29(33)34/h1-14,21-22H,15H2,(H,26,30)(H,28,31)/b27-14+. The van der Waals surface area contributed by atoms with Gasteiger partial charge in [0, 0.05) is 24.6 Å². The van der Waals surface area contributed by atoms with E-state index in [4.69, 9.17) is 4.74 Å². The van der Waals surface area contributed by atoms with Gasteiger partial charge in [-0.25, -0.2) is 10.2 Å². The molecule has 0 spiro atoms. The zero-order chi connectivity index (χ0) is 24.8. The van der Waals surface area contributed by atoms with Crippen LogP contribution in [0.2, 0.25) is 0 Å². The fourth-order valence-corrected chi connectivity index (χ4v) is 3.68. The van der Waals surface area contributed by atoms with Gasteiger partial charge in [0.15, 0.2) is 0 Å². The SMILES string of the molecule is O=C(Oc1ccc(/C=N/NC(=O)C2C(=O)NCC2c2ccccc2)cc1)c1ccc([N+](=O)[O-])cc1. The average Bonchev–Trinajstić information content (AvgIpc) is 3.27. The minimum Gasteiger partial charge on any atom is -0.423 e. The van der Waals surface area contributed by atoms with Crippen LogP contribution in [0.3, 0.4) is 0 Å². The monoisotopic (exact) mass is 472 g/mol. The maximum absolute atomic E-state index is 12.6. The van der Waals surface area contributed by atoms with E-state index in [2.05, 4.69) is 15.8 Å². The van der Waals surface area contributed by atoms with Crippen LogP contribution in [0.25, 0.3) is 0 Å². The molecule has 35 heavy (non-hydrogen) atoms. The lowest BCUT2D eigenvalue weighted by Crippen LogP contribution is -2.34. The van der Waals surface area contributed by atoms with Crippen molar-refractivity contribution in [1.29, 1.82) is 0 Å². The fourth-order valence-electron chi connectivity index (χ4n) is 3.68. The summed E-state index contributed by atoms with van der Waals surface area (Å²) in [4.78, 5) is 47.2. The molecule has 2 unspecified atom stereocenters. The number of hydrazone groups is 1. The Kier molecular flexibility index (Phi) is 6.91. The number of non-ortho nitro benzene ring substituents is 1. The maximum Gasteiger partial charge on any atom is 0.343 e. The van der Waals surface area contributed by atoms with Crippen molar-refractivity contribution in [1.82, 2.24) is 10.7 Å². The third kappa shape index (κ3) is 5.56. The Hall–Kier alpha value is -4.86. The van der Waals surface area contributed by atoms with Crippen molar-refractivity contribution in [2.45, 2.75) is 5.92 Å². The Bertz CT molecular complexity index is 1270. The number of nitro benzene ring substituents is 1. The van der Waals surface area contributed by atoms with Gasteiger partial charge in [-0.2, -0.15) is 5.10 Å². The molecule has 0 saturated carbocycles. The van der Waals surface area contributed by atoms with Gasteiger partial charge in [0.05, 0.1) is 16.7 Å². The summed E-state index contributed by atoms with van der Waals surface area (Å²) in [6.07, 6.45) is 1.41. The van der Waals surface area contributed by atoms with Gasteiger partial charge >= 0.3 is 5.97 Å². The number of carbonyl (C=O) groups excluding carboxylic acids is 3. The number of nitrogens with one attached hydrogen (secondary N) is 2. The molecule has 1 aliphatic heterocycles. The van der Waals surface area contributed by atoms with E-state index in [1.54, 1.807) is 24.3 Å². The quantitative estimate of drug-likeness (QED) is 0.135. The second-order valence-electron chi connectivity index (χ2n) is 7.74. The first-order valence-electron chi connectivity index (χ1n) is 10.6. The molecule has 10 nitrogen and oxygen atoms in total. The number of amides is 2. The van der Waals surface area contributed by atoms with Crippen LogP contribution >= 0.6 is 0 Å². The van der Waals surface area contributed by atoms with Crippen LogP contribution in [0.5, 0.6) is 5.75 Å². The maximum atomic E-state index is 12.6. The minimum atomic E-state index is -0.879. The van der Waals surface area contributed by atoms with E-state index in [-0.39, 0.29) is 28.8 Å². The number of benzene rings is 3. The van der Waals surface area contributed by atoms with Gasteiger partial charge in [-0.15, -0.1) is 0 Å². The van der Waals surface area contributed by atoms with Crippen LogP contribution in [0.15, 0.2) is 84.0 Å². The fraction of sp³-hybridized carbons (Fsp3) is 0.120. The van der Waals surface area contributed by atoms with E-state index in [1.807, 2.05) is 30.3 Å². The molecule has 10 heteroatoms. The summed E-state index contributed by atoms with van der Waals surface area (Å²) in [6, 6.07) is 20.8. The molecule has 2 amide bonds. The summed E-state index contributed by atoms with van der Waals surface area (Å²) in [6.45, 7) is 0.380. The molecule has 3 aromatic carbocycles. The summed E-state index contributed by atoms with van der Waals surface area (Å²) >= 11 is 0. The molecular formula is C25H20N4O6. The molecule has 176 valence electrons. The highest BCUT2D eigenvalue weighted by atomic mass is 16.6. The molecule has 0 bridgehead atoms. The number of ether oxygens (including phenoxy) is 1. The van der Waals surface area contributed by atoms with Crippen molar-refractivity contribution in [3.63, 3.8) is 0 Å². The van der Waals surface area contributed by atoms with E-state index in [9.17, 15) is 24.5 Å². The van der Waals surface area contributed by atoms with E-state index >= 15 is 0 Å². The smallest absolute Gasteiger partial charge is 0.343 e. The van der Waals surface area contributed by atoms with Crippen molar-refractivity contribution < 1.29 is 24.0 Å². The first-order valence-corrected chi connectivity index (χ1v) is 10.6. The molecule has 3 aromatic rings. The third-order valence-electron chi connectivity index (χ3n) is 5.48. The summed E-state index contributed by atoms with van der Waals surface area (Å²) in [7, 11) is 0. The van der Waals surface area contributed by atoms with Crippen LogP contribution in [-0.2, 0) is 9.59 Å². The second-order valence-corrected chi connectivity index (χ2v) is 7.74. The molecule has 2 N–H and O–H groups in total. The van der Waals surface area contributed by atoms with Crippen LogP contribution in [0, 0.1) is 16.0 Å². The van der Waals surface area contributed by atoms with Crippen LogP contribution in [0.1, 0.15) is 27.4 Å². The molecule has 2 atom stereocenters. The van der Waals surface area contributed by atoms with Crippen molar-refractivity contribution in [2.75, 3.05) is 6.54 Å². The molecule has 1 aliphatic rings. The first kappa shape index (κ1) is 23.3. The second kappa shape index (κ2) is 10.4. The van der Waals surface area contributed by atoms with Gasteiger partial charge in [0.2, 0.25) is 5.91 Å². The van der Waals surface area contributed by atoms with Crippen LogP contribution in [-0.4, -0.2) is 35.5 Å². The van der Waals surface area contributed by atoms with Gasteiger partial charge in [-0.1, -0.05) is 30.3 Å².